The second-order valence-corrected chi connectivity index (χ2v) is 7.09. The molecule has 140 valence electrons. The summed E-state index contributed by atoms with van der Waals surface area (Å²) in [6.45, 7) is 5.39. The van der Waals surface area contributed by atoms with E-state index in [0.717, 1.165) is 17.8 Å². The lowest BCUT2D eigenvalue weighted by Gasteiger charge is -2.20. The van der Waals surface area contributed by atoms with E-state index in [0.29, 0.717) is 24.0 Å². The van der Waals surface area contributed by atoms with E-state index >= 15 is 0 Å². The predicted molar refractivity (Wildman–Crippen MR) is 107 cm³/mol. The van der Waals surface area contributed by atoms with Crippen LogP contribution in [0.25, 0.3) is 5.69 Å². The van der Waals surface area contributed by atoms with Crippen LogP contribution in [0.4, 0.5) is 0 Å². The van der Waals surface area contributed by atoms with Crippen molar-refractivity contribution in [3.8, 4) is 5.69 Å². The van der Waals surface area contributed by atoms with E-state index in [4.69, 9.17) is 0 Å². The van der Waals surface area contributed by atoms with Gasteiger partial charge in [-0.25, -0.2) is 0 Å². The van der Waals surface area contributed by atoms with Gasteiger partial charge in [0.15, 0.2) is 5.16 Å². The van der Waals surface area contributed by atoms with Gasteiger partial charge in [0.05, 0.1) is 5.75 Å². The third-order valence-corrected chi connectivity index (χ3v) is 5.18. The van der Waals surface area contributed by atoms with E-state index in [1.807, 2.05) is 58.9 Å². The minimum atomic E-state index is 0.0943. The number of thioether (sulfide) groups is 1. The van der Waals surface area contributed by atoms with Gasteiger partial charge in [-0.15, -0.1) is 10.2 Å². The summed E-state index contributed by atoms with van der Waals surface area (Å²) in [6.07, 6.45) is 4.21. The van der Waals surface area contributed by atoms with E-state index in [1.165, 1.54) is 17.3 Å². The van der Waals surface area contributed by atoms with E-state index in [1.54, 1.807) is 12.5 Å². The molecule has 2 heterocycles. The lowest BCUT2D eigenvalue weighted by atomic mass is 10.2. The second kappa shape index (κ2) is 9.32. The van der Waals surface area contributed by atoms with Crippen molar-refractivity contribution in [3.05, 3.63) is 66.2 Å². The fourth-order valence-corrected chi connectivity index (χ4v) is 3.51. The average molecular weight is 382 g/mol. The number of aryl methyl sites for hydroxylation is 1. The quantitative estimate of drug-likeness (QED) is 0.561. The summed E-state index contributed by atoms with van der Waals surface area (Å²) >= 11 is 1.41. The molecule has 1 aromatic carbocycles. The highest BCUT2D eigenvalue weighted by atomic mass is 32.2. The Hall–Kier alpha value is -2.67. The summed E-state index contributed by atoms with van der Waals surface area (Å²) in [5.41, 5.74) is 3.18. The van der Waals surface area contributed by atoms with Crippen LogP contribution in [0.1, 0.15) is 18.2 Å². The Morgan fingerprint density at radius 2 is 2.00 bits per heavy atom. The number of amides is 1. The fraction of sp³-hybridized carbons (Fsp3) is 0.300. The van der Waals surface area contributed by atoms with Crippen LogP contribution in [0.3, 0.4) is 0 Å². The van der Waals surface area contributed by atoms with Gasteiger partial charge in [0.25, 0.3) is 0 Å². The van der Waals surface area contributed by atoms with Gasteiger partial charge in [-0.1, -0.05) is 35.5 Å². The first-order chi connectivity index (χ1) is 13.2. The predicted octanol–water partition coefficient (Wildman–Crippen LogP) is 3.15. The summed E-state index contributed by atoms with van der Waals surface area (Å²) in [7, 11) is 0. The molecule has 0 radical (unpaired) electrons. The zero-order valence-electron chi connectivity index (χ0n) is 15.6. The normalized spacial score (nSPS) is 10.7. The van der Waals surface area contributed by atoms with Gasteiger partial charge in [0.2, 0.25) is 5.91 Å². The summed E-state index contributed by atoms with van der Waals surface area (Å²) in [5.74, 6) is 0.428. The van der Waals surface area contributed by atoms with Crippen molar-refractivity contribution in [2.45, 2.75) is 25.4 Å². The first-order valence-corrected chi connectivity index (χ1v) is 9.93. The topological polar surface area (TPSA) is 63.9 Å². The summed E-state index contributed by atoms with van der Waals surface area (Å²) in [4.78, 5) is 18.8. The molecule has 0 aliphatic carbocycles. The van der Waals surface area contributed by atoms with Gasteiger partial charge in [-0.3, -0.25) is 14.3 Å². The third kappa shape index (κ3) is 5.17. The van der Waals surface area contributed by atoms with Crippen molar-refractivity contribution in [1.82, 2.24) is 24.6 Å². The van der Waals surface area contributed by atoms with E-state index < -0.39 is 0 Å². The molecule has 0 saturated carbocycles. The van der Waals surface area contributed by atoms with E-state index in [2.05, 4.69) is 22.1 Å². The van der Waals surface area contributed by atoms with Crippen LogP contribution in [0, 0.1) is 6.92 Å². The Kier molecular flexibility index (Phi) is 6.59. The SMILES string of the molecule is CCN(CCc1ccccn1)C(=O)CSc1nncn1-c1ccc(C)cc1. The largest absolute Gasteiger partial charge is 0.342 e. The number of benzene rings is 1. The monoisotopic (exact) mass is 381 g/mol. The van der Waals surface area contributed by atoms with Crippen LogP contribution in [-0.4, -0.2) is 49.4 Å². The van der Waals surface area contributed by atoms with Gasteiger partial charge >= 0.3 is 0 Å². The smallest absolute Gasteiger partial charge is 0.233 e. The number of aromatic nitrogens is 4. The summed E-state index contributed by atoms with van der Waals surface area (Å²) in [5, 5.41) is 8.88. The number of carbonyl (C=O) groups is 1. The molecular formula is C20H23N5OS. The molecule has 6 nitrogen and oxygen atoms in total. The minimum Gasteiger partial charge on any atom is -0.342 e. The Balaban J connectivity index is 1.58. The maximum atomic E-state index is 12.6. The van der Waals surface area contributed by atoms with Crippen LogP contribution < -0.4 is 0 Å². The molecule has 0 aliphatic rings. The molecule has 0 N–H and O–H groups in total. The molecule has 7 heteroatoms. The van der Waals surface area contributed by atoms with Crippen LogP contribution >= 0.6 is 11.8 Å². The molecule has 0 unspecified atom stereocenters. The number of hydrogen-bond donors (Lipinski definition) is 0. The Bertz CT molecular complexity index is 864. The van der Waals surface area contributed by atoms with Crippen molar-refractivity contribution in [1.29, 1.82) is 0 Å². The Morgan fingerprint density at radius 3 is 2.70 bits per heavy atom. The first-order valence-electron chi connectivity index (χ1n) is 8.95. The van der Waals surface area contributed by atoms with Crippen molar-refractivity contribution in [3.63, 3.8) is 0 Å². The highest BCUT2D eigenvalue weighted by Crippen LogP contribution is 2.20. The van der Waals surface area contributed by atoms with E-state index in [-0.39, 0.29) is 5.91 Å². The Labute approximate surface area is 163 Å². The minimum absolute atomic E-state index is 0.0943. The maximum Gasteiger partial charge on any atom is 0.233 e. The number of nitrogens with zero attached hydrogens (tertiary/aromatic N) is 5. The first kappa shape index (κ1) is 19.1. The molecule has 3 rings (SSSR count). The van der Waals surface area contributed by atoms with Gasteiger partial charge < -0.3 is 4.90 Å². The van der Waals surface area contributed by atoms with Crippen LogP contribution in [0.2, 0.25) is 0 Å². The molecule has 0 bridgehead atoms. The van der Waals surface area contributed by atoms with Crippen LogP contribution in [-0.2, 0) is 11.2 Å². The third-order valence-electron chi connectivity index (χ3n) is 4.25. The molecule has 0 fully saturated rings. The number of carbonyl (C=O) groups excluding carboxylic acids is 1. The van der Waals surface area contributed by atoms with Crippen molar-refractivity contribution in [2.75, 3.05) is 18.8 Å². The van der Waals surface area contributed by atoms with Crippen molar-refractivity contribution in [2.24, 2.45) is 0 Å². The number of pyridine rings is 1. The molecule has 1 amide bonds. The lowest BCUT2D eigenvalue weighted by molar-refractivity contribution is -0.128. The van der Waals surface area contributed by atoms with Gasteiger partial charge in [-0.2, -0.15) is 0 Å². The van der Waals surface area contributed by atoms with Crippen molar-refractivity contribution < 1.29 is 4.79 Å². The van der Waals surface area contributed by atoms with Crippen LogP contribution in [0.5, 0.6) is 0 Å². The number of hydrogen-bond acceptors (Lipinski definition) is 5. The molecule has 27 heavy (non-hydrogen) atoms. The number of likely N-dealkylation sites (N-methyl/N-ethyl adjacent to an activating group) is 1. The molecule has 3 aromatic rings. The molecule has 0 atom stereocenters. The van der Waals surface area contributed by atoms with E-state index in [9.17, 15) is 4.79 Å². The molecule has 0 aliphatic heterocycles. The summed E-state index contributed by atoms with van der Waals surface area (Å²) < 4.78 is 1.90. The van der Waals surface area contributed by atoms with Gasteiger partial charge in [-0.05, 0) is 38.1 Å². The molecule has 2 aromatic heterocycles. The van der Waals surface area contributed by atoms with Crippen LogP contribution in [0.15, 0.2) is 60.1 Å². The maximum absolute atomic E-state index is 12.6. The molecule has 0 spiro atoms. The lowest BCUT2D eigenvalue weighted by Crippen LogP contribution is -2.34. The Morgan fingerprint density at radius 1 is 1.19 bits per heavy atom. The number of rotatable bonds is 8. The highest BCUT2D eigenvalue weighted by molar-refractivity contribution is 7.99. The standard InChI is InChI=1S/C20H23N5OS/c1-3-24(13-11-17-6-4-5-12-21-17)19(26)14-27-20-23-22-15-25(20)18-9-7-16(2)8-10-18/h4-10,12,15H,3,11,13-14H2,1-2H3. The highest BCUT2D eigenvalue weighted by Gasteiger charge is 2.15. The van der Waals surface area contributed by atoms with Gasteiger partial charge in [0, 0.05) is 37.1 Å². The molecular weight excluding hydrogens is 358 g/mol. The summed E-state index contributed by atoms with van der Waals surface area (Å²) in [6, 6.07) is 14.0. The molecule has 0 saturated heterocycles. The second-order valence-electron chi connectivity index (χ2n) is 6.15. The zero-order chi connectivity index (χ0) is 19.1. The fourth-order valence-electron chi connectivity index (χ4n) is 2.68. The van der Waals surface area contributed by atoms with Gasteiger partial charge in [0.1, 0.15) is 6.33 Å². The van der Waals surface area contributed by atoms with Crippen molar-refractivity contribution >= 4 is 17.7 Å². The zero-order valence-corrected chi connectivity index (χ0v) is 16.4. The average Bonchev–Trinajstić information content (AvgIpc) is 3.17.